The smallest absolute Gasteiger partial charge is 0.343 e. The van der Waals surface area contributed by atoms with Crippen molar-refractivity contribution < 1.29 is 28.6 Å². The molecule has 1 heterocycles. The number of methoxy groups -OCH3 is 1. The first-order chi connectivity index (χ1) is 16.6. The fourth-order valence-corrected chi connectivity index (χ4v) is 3.73. The van der Waals surface area contributed by atoms with Crippen molar-refractivity contribution >= 4 is 23.8 Å². The number of hydrogen-bond donors (Lipinski definition) is 0. The van der Waals surface area contributed by atoms with Crippen LogP contribution in [0.4, 0.5) is 0 Å². The van der Waals surface area contributed by atoms with E-state index in [1.165, 1.54) is 7.11 Å². The molecule has 0 saturated heterocycles. The predicted octanol–water partition coefficient (Wildman–Crippen LogP) is 5.91. The van der Waals surface area contributed by atoms with Gasteiger partial charge in [-0.3, -0.25) is 4.79 Å². The number of fused-ring (bicyclic) bond motifs is 1. The van der Waals surface area contributed by atoms with E-state index < -0.39 is 11.9 Å². The molecule has 3 aromatic carbocycles. The molecular weight excluding hydrogens is 444 g/mol. The lowest BCUT2D eigenvalue weighted by atomic mass is 9.87. The molecule has 0 N–H and O–H groups in total. The molecule has 0 bridgehead atoms. The van der Waals surface area contributed by atoms with E-state index in [1.54, 1.807) is 61.5 Å². The number of carbonyl (C=O) groups is 3. The van der Waals surface area contributed by atoms with Crippen LogP contribution in [0.5, 0.6) is 11.5 Å². The SMILES string of the molecule is COC(=O)c1ccc(/C=C2\Oc3c(ccc(OC(=O)c4ccc(C(C)(C)C)cc4)c3C)C2=O)cc1. The zero-order valence-electron chi connectivity index (χ0n) is 20.3. The average Bonchev–Trinajstić information content (AvgIpc) is 3.16. The van der Waals surface area contributed by atoms with Gasteiger partial charge in [-0.25, -0.2) is 9.59 Å². The Morgan fingerprint density at radius 2 is 1.46 bits per heavy atom. The Hall–Kier alpha value is -4.19. The Morgan fingerprint density at radius 1 is 0.857 bits per heavy atom. The number of rotatable bonds is 4. The Balaban J connectivity index is 1.53. The summed E-state index contributed by atoms with van der Waals surface area (Å²) >= 11 is 0. The molecule has 1 aliphatic rings. The largest absolute Gasteiger partial charge is 0.465 e. The van der Waals surface area contributed by atoms with Gasteiger partial charge in [0.25, 0.3) is 0 Å². The maximum atomic E-state index is 12.9. The molecule has 4 rings (SSSR count). The molecule has 1 aliphatic heterocycles. The zero-order chi connectivity index (χ0) is 25.3. The van der Waals surface area contributed by atoms with Gasteiger partial charge in [0.05, 0.1) is 23.8 Å². The molecular formula is C29H26O6. The molecule has 0 aromatic heterocycles. The maximum absolute atomic E-state index is 12.9. The molecule has 6 nitrogen and oxygen atoms in total. The zero-order valence-corrected chi connectivity index (χ0v) is 20.3. The highest BCUT2D eigenvalue weighted by molar-refractivity contribution is 6.15. The number of carbonyl (C=O) groups excluding carboxylic acids is 3. The van der Waals surface area contributed by atoms with Gasteiger partial charge >= 0.3 is 11.9 Å². The van der Waals surface area contributed by atoms with E-state index in [0.29, 0.717) is 39.3 Å². The second kappa shape index (κ2) is 9.22. The normalized spacial score (nSPS) is 13.9. The summed E-state index contributed by atoms with van der Waals surface area (Å²) in [7, 11) is 1.32. The third kappa shape index (κ3) is 4.87. The minimum absolute atomic E-state index is 0.0164. The fourth-order valence-electron chi connectivity index (χ4n) is 3.73. The van der Waals surface area contributed by atoms with Gasteiger partial charge in [0.2, 0.25) is 5.78 Å². The Morgan fingerprint density at radius 3 is 2.06 bits per heavy atom. The summed E-state index contributed by atoms with van der Waals surface area (Å²) in [5.74, 6) is -0.358. The van der Waals surface area contributed by atoms with Crippen LogP contribution in [0.15, 0.2) is 66.4 Å². The molecule has 35 heavy (non-hydrogen) atoms. The first kappa shape index (κ1) is 24.0. The minimum atomic E-state index is -0.487. The summed E-state index contributed by atoms with van der Waals surface area (Å²) in [6, 6.07) is 17.2. The van der Waals surface area contributed by atoms with Crippen LogP contribution in [-0.4, -0.2) is 24.8 Å². The number of ether oxygens (including phenoxy) is 3. The number of hydrogen-bond acceptors (Lipinski definition) is 6. The van der Waals surface area contributed by atoms with Crippen molar-refractivity contribution in [1.82, 2.24) is 0 Å². The van der Waals surface area contributed by atoms with Gasteiger partial charge in [-0.05, 0) is 65.9 Å². The molecule has 0 radical (unpaired) electrons. The van der Waals surface area contributed by atoms with Gasteiger partial charge in [0.15, 0.2) is 5.76 Å². The Labute approximate surface area is 204 Å². The van der Waals surface area contributed by atoms with Crippen LogP contribution in [0.2, 0.25) is 0 Å². The molecule has 0 fully saturated rings. The molecule has 3 aromatic rings. The number of allylic oxidation sites excluding steroid dienone is 1. The van der Waals surface area contributed by atoms with Crippen LogP contribution in [-0.2, 0) is 10.2 Å². The van der Waals surface area contributed by atoms with Crippen LogP contribution in [0.25, 0.3) is 6.08 Å². The van der Waals surface area contributed by atoms with E-state index in [9.17, 15) is 14.4 Å². The van der Waals surface area contributed by atoms with Gasteiger partial charge < -0.3 is 14.2 Å². The number of Topliss-reactive ketones (excluding diaryl/α,β-unsaturated/α-hetero) is 1. The number of ketones is 1. The van der Waals surface area contributed by atoms with Crippen molar-refractivity contribution in [1.29, 1.82) is 0 Å². The van der Waals surface area contributed by atoms with E-state index in [0.717, 1.165) is 5.56 Å². The van der Waals surface area contributed by atoms with Gasteiger partial charge in [-0.15, -0.1) is 0 Å². The van der Waals surface area contributed by atoms with E-state index in [2.05, 4.69) is 20.8 Å². The van der Waals surface area contributed by atoms with Crippen LogP contribution in [0.3, 0.4) is 0 Å². The second-order valence-electron chi connectivity index (χ2n) is 9.34. The van der Waals surface area contributed by atoms with Crippen LogP contribution >= 0.6 is 0 Å². The summed E-state index contributed by atoms with van der Waals surface area (Å²) in [5, 5.41) is 0. The first-order valence-corrected chi connectivity index (χ1v) is 11.2. The highest BCUT2D eigenvalue weighted by Crippen LogP contribution is 2.39. The summed E-state index contributed by atoms with van der Waals surface area (Å²) in [6.45, 7) is 8.06. The highest BCUT2D eigenvalue weighted by atomic mass is 16.5. The number of benzene rings is 3. The standard InChI is InChI=1S/C29H26O6/c1-17-23(35-28(32)20-10-12-21(13-11-20)29(2,3)4)15-14-22-25(30)24(34-26(17)22)16-18-6-8-19(9-7-18)27(31)33-5/h6-16H,1-5H3/b24-16-. The molecule has 0 aliphatic carbocycles. The average molecular weight is 471 g/mol. The lowest BCUT2D eigenvalue weighted by molar-refractivity contribution is 0.0600. The topological polar surface area (TPSA) is 78.9 Å². The third-order valence-electron chi connectivity index (χ3n) is 5.86. The molecule has 178 valence electrons. The van der Waals surface area contributed by atoms with E-state index in [1.807, 2.05) is 12.1 Å². The van der Waals surface area contributed by atoms with E-state index in [4.69, 9.17) is 14.2 Å². The summed E-state index contributed by atoms with van der Waals surface area (Å²) in [5.41, 5.74) is 3.59. The van der Waals surface area contributed by atoms with Crippen molar-refractivity contribution in [2.75, 3.05) is 7.11 Å². The van der Waals surface area contributed by atoms with Gasteiger partial charge in [0.1, 0.15) is 11.5 Å². The van der Waals surface area contributed by atoms with Crippen LogP contribution in [0.1, 0.15) is 68.5 Å². The molecule has 6 heteroatoms. The fraction of sp³-hybridized carbons (Fsp3) is 0.207. The van der Waals surface area contributed by atoms with Gasteiger partial charge in [0, 0.05) is 5.56 Å². The molecule has 0 saturated carbocycles. The molecule has 0 unspecified atom stereocenters. The van der Waals surface area contributed by atoms with Crippen LogP contribution < -0.4 is 9.47 Å². The predicted molar refractivity (Wildman–Crippen MR) is 132 cm³/mol. The summed E-state index contributed by atoms with van der Waals surface area (Å²) < 4.78 is 16.2. The van der Waals surface area contributed by atoms with Gasteiger partial charge in [-0.1, -0.05) is 45.0 Å². The summed E-state index contributed by atoms with van der Waals surface area (Å²) in [6.07, 6.45) is 1.60. The van der Waals surface area contributed by atoms with Crippen LogP contribution in [0, 0.1) is 6.92 Å². The number of esters is 2. The quantitative estimate of drug-likeness (QED) is 0.268. The maximum Gasteiger partial charge on any atom is 0.343 e. The van der Waals surface area contributed by atoms with Crippen molar-refractivity contribution in [3.63, 3.8) is 0 Å². The Bertz CT molecular complexity index is 1340. The Kier molecular flexibility index (Phi) is 6.31. The van der Waals surface area contributed by atoms with Gasteiger partial charge in [-0.2, -0.15) is 0 Å². The van der Waals surface area contributed by atoms with E-state index >= 15 is 0 Å². The lowest BCUT2D eigenvalue weighted by Gasteiger charge is -2.19. The summed E-state index contributed by atoms with van der Waals surface area (Å²) in [4.78, 5) is 37.2. The van der Waals surface area contributed by atoms with Crippen molar-refractivity contribution in [3.8, 4) is 11.5 Å². The molecule has 0 atom stereocenters. The van der Waals surface area contributed by atoms with Crippen molar-refractivity contribution in [3.05, 3.63) is 99.8 Å². The lowest BCUT2D eigenvalue weighted by Crippen LogP contribution is -2.13. The monoisotopic (exact) mass is 470 g/mol. The molecule has 0 spiro atoms. The highest BCUT2D eigenvalue weighted by Gasteiger charge is 2.30. The third-order valence-corrected chi connectivity index (χ3v) is 5.86. The first-order valence-electron chi connectivity index (χ1n) is 11.2. The second-order valence-corrected chi connectivity index (χ2v) is 9.34. The van der Waals surface area contributed by atoms with Crippen molar-refractivity contribution in [2.24, 2.45) is 0 Å². The van der Waals surface area contributed by atoms with Crippen molar-refractivity contribution in [2.45, 2.75) is 33.1 Å². The minimum Gasteiger partial charge on any atom is -0.465 e. The molecule has 0 amide bonds. The van der Waals surface area contributed by atoms with E-state index in [-0.39, 0.29) is 17.0 Å².